The maximum atomic E-state index is 3.64. The average Bonchev–Trinajstić information content (AvgIpc) is 3.04. The first-order valence-corrected chi connectivity index (χ1v) is 7.43. The van der Waals surface area contributed by atoms with Crippen molar-refractivity contribution in [2.45, 2.75) is 59.9 Å². The van der Waals surface area contributed by atoms with E-state index in [4.69, 9.17) is 0 Å². The van der Waals surface area contributed by atoms with Crippen molar-refractivity contribution in [2.24, 2.45) is 11.3 Å². The Morgan fingerprint density at radius 2 is 1.88 bits per heavy atom. The van der Waals surface area contributed by atoms with Crippen LogP contribution in [0.3, 0.4) is 0 Å². The summed E-state index contributed by atoms with van der Waals surface area (Å²) < 4.78 is 0. The van der Waals surface area contributed by atoms with Crippen LogP contribution in [0.5, 0.6) is 0 Å². The van der Waals surface area contributed by atoms with Gasteiger partial charge >= 0.3 is 0 Å². The molecule has 2 heteroatoms. The summed E-state index contributed by atoms with van der Waals surface area (Å²) in [4.78, 5) is 2.63. The number of hydrogen-bond acceptors (Lipinski definition) is 2. The summed E-state index contributed by atoms with van der Waals surface area (Å²) in [5.74, 6) is 1.02. The highest BCUT2D eigenvalue weighted by atomic mass is 15.1. The summed E-state index contributed by atoms with van der Waals surface area (Å²) in [5, 5.41) is 3.64. The lowest BCUT2D eigenvalue weighted by atomic mass is 9.84. The number of nitrogens with one attached hydrogen (secondary N) is 1. The predicted octanol–water partition coefficient (Wildman–Crippen LogP) is 3.13. The van der Waals surface area contributed by atoms with Gasteiger partial charge in [0.25, 0.3) is 0 Å². The molecule has 0 aromatic rings. The second-order valence-corrected chi connectivity index (χ2v) is 6.60. The lowest BCUT2D eigenvalue weighted by molar-refractivity contribution is 0.206. The molecular weight excluding hydrogens is 208 g/mol. The van der Waals surface area contributed by atoms with Gasteiger partial charge in [-0.25, -0.2) is 0 Å². The van der Waals surface area contributed by atoms with Crippen molar-refractivity contribution in [3.63, 3.8) is 0 Å². The standard InChI is InChI=1S/C15H32N2/c1-6-16-14(15(3,4)5)10-11-17(7-2)12-13-8-9-13/h13-14,16H,6-12H2,1-5H3. The van der Waals surface area contributed by atoms with Crippen LogP contribution < -0.4 is 5.32 Å². The summed E-state index contributed by atoms with van der Waals surface area (Å²) in [6, 6.07) is 0.640. The quantitative estimate of drug-likeness (QED) is 0.701. The zero-order chi connectivity index (χ0) is 12.9. The van der Waals surface area contributed by atoms with E-state index in [9.17, 15) is 0 Å². The van der Waals surface area contributed by atoms with Crippen LogP contribution in [-0.2, 0) is 0 Å². The van der Waals surface area contributed by atoms with Crippen molar-refractivity contribution in [3.8, 4) is 0 Å². The Morgan fingerprint density at radius 1 is 1.24 bits per heavy atom. The zero-order valence-electron chi connectivity index (χ0n) is 12.6. The molecule has 0 heterocycles. The van der Waals surface area contributed by atoms with Gasteiger partial charge < -0.3 is 10.2 Å². The van der Waals surface area contributed by atoms with Gasteiger partial charge in [0, 0.05) is 12.6 Å². The normalized spacial score (nSPS) is 18.7. The second kappa shape index (κ2) is 6.75. The van der Waals surface area contributed by atoms with Crippen LogP contribution in [0.1, 0.15) is 53.9 Å². The predicted molar refractivity (Wildman–Crippen MR) is 76.4 cm³/mol. The molecule has 0 aromatic carbocycles. The fourth-order valence-corrected chi connectivity index (χ4v) is 2.44. The molecule has 1 aliphatic carbocycles. The van der Waals surface area contributed by atoms with Gasteiger partial charge in [0.1, 0.15) is 0 Å². The number of rotatable bonds is 8. The van der Waals surface area contributed by atoms with E-state index < -0.39 is 0 Å². The van der Waals surface area contributed by atoms with E-state index in [2.05, 4.69) is 44.8 Å². The molecule has 0 aliphatic heterocycles. The summed E-state index contributed by atoms with van der Waals surface area (Å²) in [6.45, 7) is 16.4. The third-order valence-electron chi connectivity index (χ3n) is 3.89. The van der Waals surface area contributed by atoms with E-state index in [0.29, 0.717) is 11.5 Å². The molecule has 1 saturated carbocycles. The fourth-order valence-electron chi connectivity index (χ4n) is 2.44. The van der Waals surface area contributed by atoms with Crippen molar-refractivity contribution in [3.05, 3.63) is 0 Å². The van der Waals surface area contributed by atoms with E-state index in [1.165, 1.54) is 38.9 Å². The van der Waals surface area contributed by atoms with Crippen molar-refractivity contribution in [1.29, 1.82) is 0 Å². The Balaban J connectivity index is 2.32. The smallest absolute Gasteiger partial charge is 0.0128 e. The zero-order valence-corrected chi connectivity index (χ0v) is 12.6. The second-order valence-electron chi connectivity index (χ2n) is 6.60. The van der Waals surface area contributed by atoms with Crippen molar-refractivity contribution in [1.82, 2.24) is 10.2 Å². The van der Waals surface area contributed by atoms with Crippen LogP contribution in [0.25, 0.3) is 0 Å². The molecular formula is C15H32N2. The summed E-state index contributed by atoms with van der Waals surface area (Å²) in [7, 11) is 0. The Hall–Kier alpha value is -0.0800. The minimum absolute atomic E-state index is 0.370. The highest BCUT2D eigenvalue weighted by molar-refractivity contribution is 4.82. The first-order chi connectivity index (χ1) is 7.97. The Bertz CT molecular complexity index is 203. The van der Waals surface area contributed by atoms with Gasteiger partial charge in [-0.1, -0.05) is 34.6 Å². The van der Waals surface area contributed by atoms with Crippen molar-refractivity contribution in [2.75, 3.05) is 26.2 Å². The maximum absolute atomic E-state index is 3.64. The van der Waals surface area contributed by atoms with Gasteiger partial charge in [-0.05, 0) is 50.2 Å². The SMILES string of the molecule is CCNC(CCN(CC)CC1CC1)C(C)(C)C. The highest BCUT2D eigenvalue weighted by Crippen LogP contribution is 2.30. The van der Waals surface area contributed by atoms with Crippen molar-refractivity contribution >= 4 is 0 Å². The Morgan fingerprint density at radius 3 is 2.29 bits per heavy atom. The summed E-state index contributed by atoms with van der Waals surface area (Å²) in [6.07, 6.45) is 4.21. The summed E-state index contributed by atoms with van der Waals surface area (Å²) in [5.41, 5.74) is 0.370. The largest absolute Gasteiger partial charge is 0.314 e. The molecule has 17 heavy (non-hydrogen) atoms. The molecule has 102 valence electrons. The van der Waals surface area contributed by atoms with Gasteiger partial charge in [0.2, 0.25) is 0 Å². The third kappa shape index (κ3) is 5.87. The fraction of sp³-hybridized carbons (Fsp3) is 1.00. The Kier molecular flexibility index (Phi) is 5.94. The highest BCUT2D eigenvalue weighted by Gasteiger charge is 2.26. The molecule has 1 atom stereocenters. The first kappa shape index (κ1) is 15.0. The monoisotopic (exact) mass is 240 g/mol. The molecule has 1 aliphatic rings. The maximum Gasteiger partial charge on any atom is 0.0128 e. The lowest BCUT2D eigenvalue weighted by Crippen LogP contribution is -2.43. The minimum Gasteiger partial charge on any atom is -0.314 e. The van der Waals surface area contributed by atoms with Gasteiger partial charge in [0.05, 0.1) is 0 Å². The first-order valence-electron chi connectivity index (χ1n) is 7.43. The molecule has 0 amide bonds. The molecule has 0 bridgehead atoms. The molecule has 1 N–H and O–H groups in total. The molecule has 0 radical (unpaired) electrons. The van der Waals surface area contributed by atoms with Gasteiger partial charge in [0.15, 0.2) is 0 Å². The average molecular weight is 240 g/mol. The summed E-state index contributed by atoms with van der Waals surface area (Å²) >= 11 is 0. The van der Waals surface area contributed by atoms with E-state index in [1.54, 1.807) is 0 Å². The van der Waals surface area contributed by atoms with Crippen LogP contribution in [0.2, 0.25) is 0 Å². The van der Waals surface area contributed by atoms with Gasteiger partial charge in [-0.15, -0.1) is 0 Å². The lowest BCUT2D eigenvalue weighted by Gasteiger charge is -2.33. The van der Waals surface area contributed by atoms with Crippen LogP contribution in [0, 0.1) is 11.3 Å². The molecule has 2 nitrogen and oxygen atoms in total. The van der Waals surface area contributed by atoms with E-state index in [1.807, 2.05) is 0 Å². The Labute approximate surface area is 108 Å². The molecule has 0 spiro atoms. The topological polar surface area (TPSA) is 15.3 Å². The molecule has 1 rings (SSSR count). The van der Waals surface area contributed by atoms with Crippen LogP contribution in [0.15, 0.2) is 0 Å². The van der Waals surface area contributed by atoms with Crippen LogP contribution in [-0.4, -0.2) is 37.1 Å². The van der Waals surface area contributed by atoms with Gasteiger partial charge in [-0.3, -0.25) is 0 Å². The van der Waals surface area contributed by atoms with Crippen molar-refractivity contribution < 1.29 is 0 Å². The molecule has 1 fully saturated rings. The minimum atomic E-state index is 0.370. The third-order valence-corrected chi connectivity index (χ3v) is 3.89. The van der Waals surface area contributed by atoms with Gasteiger partial charge in [-0.2, -0.15) is 0 Å². The van der Waals surface area contributed by atoms with Crippen LogP contribution in [0.4, 0.5) is 0 Å². The molecule has 1 unspecified atom stereocenters. The molecule has 0 saturated heterocycles. The van der Waals surface area contributed by atoms with E-state index >= 15 is 0 Å². The molecule has 0 aromatic heterocycles. The number of hydrogen-bond donors (Lipinski definition) is 1. The number of nitrogens with zero attached hydrogens (tertiary/aromatic N) is 1. The van der Waals surface area contributed by atoms with E-state index in [0.717, 1.165) is 12.5 Å². The van der Waals surface area contributed by atoms with E-state index in [-0.39, 0.29) is 0 Å². The van der Waals surface area contributed by atoms with Crippen LogP contribution >= 0.6 is 0 Å².